The number of para-hydroxylation sites is 1. The number of nitrogens with zero attached hydrogens (tertiary/aromatic N) is 1. The summed E-state index contributed by atoms with van der Waals surface area (Å²) in [5, 5.41) is 0. The van der Waals surface area contributed by atoms with Crippen LogP contribution in [0.15, 0.2) is 52.3 Å². The molecule has 0 aliphatic carbocycles. The number of nitrogens with two attached hydrogens (primary N) is 1. The van der Waals surface area contributed by atoms with Gasteiger partial charge < -0.3 is 10.6 Å². The summed E-state index contributed by atoms with van der Waals surface area (Å²) in [6.07, 6.45) is 5.10. The van der Waals surface area contributed by atoms with Gasteiger partial charge in [-0.1, -0.05) is 50.1 Å². The summed E-state index contributed by atoms with van der Waals surface area (Å²) < 4.78 is 0. The van der Waals surface area contributed by atoms with E-state index in [1.807, 2.05) is 17.8 Å². The zero-order valence-electron chi connectivity index (χ0n) is 12.5. The van der Waals surface area contributed by atoms with Crippen LogP contribution in [-0.2, 0) is 0 Å². The molecule has 1 heterocycles. The highest BCUT2D eigenvalue weighted by Crippen LogP contribution is 2.48. The van der Waals surface area contributed by atoms with E-state index in [4.69, 9.17) is 5.73 Å². The molecule has 1 aliphatic rings. The lowest BCUT2D eigenvalue weighted by atomic mass is 10.1. The Hall–Kier alpha value is -1.61. The Labute approximate surface area is 131 Å². The fourth-order valence-electron chi connectivity index (χ4n) is 2.78. The molecule has 2 aromatic rings. The molecule has 1 aliphatic heterocycles. The number of fused-ring (bicyclic) bond motifs is 2. The van der Waals surface area contributed by atoms with Gasteiger partial charge in [-0.3, -0.25) is 0 Å². The van der Waals surface area contributed by atoms with Crippen LogP contribution in [0.3, 0.4) is 0 Å². The molecule has 0 saturated carbocycles. The molecule has 110 valence electrons. The van der Waals surface area contributed by atoms with E-state index >= 15 is 0 Å². The van der Waals surface area contributed by atoms with E-state index in [-0.39, 0.29) is 0 Å². The number of anilines is 3. The second-order valence-electron chi connectivity index (χ2n) is 5.51. The van der Waals surface area contributed by atoms with Crippen LogP contribution in [0, 0.1) is 0 Å². The van der Waals surface area contributed by atoms with Crippen molar-refractivity contribution in [1.82, 2.24) is 0 Å². The molecule has 2 aromatic carbocycles. The zero-order valence-corrected chi connectivity index (χ0v) is 13.3. The zero-order chi connectivity index (χ0) is 14.7. The molecule has 3 rings (SSSR count). The molecule has 0 atom stereocenters. The number of benzene rings is 2. The maximum Gasteiger partial charge on any atom is 0.0573 e. The maximum atomic E-state index is 6.00. The van der Waals surface area contributed by atoms with Gasteiger partial charge in [0.2, 0.25) is 0 Å². The second kappa shape index (κ2) is 6.44. The lowest BCUT2D eigenvalue weighted by Gasteiger charge is -2.33. The van der Waals surface area contributed by atoms with Gasteiger partial charge in [0.1, 0.15) is 0 Å². The topological polar surface area (TPSA) is 29.3 Å². The van der Waals surface area contributed by atoms with E-state index in [2.05, 4.69) is 48.2 Å². The average molecular weight is 298 g/mol. The van der Waals surface area contributed by atoms with Crippen molar-refractivity contribution in [3.63, 3.8) is 0 Å². The van der Waals surface area contributed by atoms with Crippen molar-refractivity contribution in [3.8, 4) is 0 Å². The van der Waals surface area contributed by atoms with E-state index < -0.39 is 0 Å². The third-order valence-corrected chi connectivity index (χ3v) is 5.02. The van der Waals surface area contributed by atoms with Crippen LogP contribution in [0.4, 0.5) is 17.1 Å². The molecular formula is C18H22N2S. The van der Waals surface area contributed by atoms with Gasteiger partial charge in [-0.25, -0.2) is 0 Å². The minimum Gasteiger partial charge on any atom is -0.399 e. The Morgan fingerprint density at radius 1 is 0.952 bits per heavy atom. The molecule has 0 bridgehead atoms. The minimum atomic E-state index is 0.840. The number of unbranched alkanes of at least 4 members (excludes halogenated alkanes) is 3. The molecule has 2 N–H and O–H groups in total. The van der Waals surface area contributed by atoms with Gasteiger partial charge in [0, 0.05) is 22.0 Å². The van der Waals surface area contributed by atoms with Gasteiger partial charge in [-0.15, -0.1) is 0 Å². The lowest BCUT2D eigenvalue weighted by molar-refractivity contribution is 0.666. The van der Waals surface area contributed by atoms with Crippen LogP contribution in [0.25, 0.3) is 0 Å². The van der Waals surface area contributed by atoms with Gasteiger partial charge in [-0.05, 0) is 36.8 Å². The van der Waals surface area contributed by atoms with Gasteiger partial charge in [0.15, 0.2) is 0 Å². The first kappa shape index (κ1) is 14.3. The molecule has 0 radical (unpaired) electrons. The fourth-order valence-corrected chi connectivity index (χ4v) is 3.86. The molecule has 21 heavy (non-hydrogen) atoms. The summed E-state index contributed by atoms with van der Waals surface area (Å²) in [4.78, 5) is 5.08. The van der Waals surface area contributed by atoms with Crippen molar-refractivity contribution < 1.29 is 0 Å². The summed E-state index contributed by atoms with van der Waals surface area (Å²) in [6, 6.07) is 14.9. The Morgan fingerprint density at radius 3 is 2.62 bits per heavy atom. The summed E-state index contributed by atoms with van der Waals surface area (Å²) in [5.41, 5.74) is 9.42. The van der Waals surface area contributed by atoms with E-state index in [0.29, 0.717) is 0 Å². The Kier molecular flexibility index (Phi) is 4.39. The Bertz CT molecular complexity index is 624. The second-order valence-corrected chi connectivity index (χ2v) is 6.59. The smallest absolute Gasteiger partial charge is 0.0573 e. The van der Waals surface area contributed by atoms with E-state index in [0.717, 1.165) is 12.2 Å². The summed E-state index contributed by atoms with van der Waals surface area (Å²) in [5.74, 6) is 0. The normalized spacial score (nSPS) is 12.9. The van der Waals surface area contributed by atoms with Crippen LogP contribution in [0.2, 0.25) is 0 Å². The van der Waals surface area contributed by atoms with E-state index in [1.165, 1.54) is 46.8 Å². The largest absolute Gasteiger partial charge is 0.399 e. The maximum absolute atomic E-state index is 6.00. The van der Waals surface area contributed by atoms with Crippen molar-refractivity contribution >= 4 is 28.8 Å². The quantitative estimate of drug-likeness (QED) is 0.587. The molecule has 3 heteroatoms. The molecule has 0 amide bonds. The fraction of sp³-hybridized carbons (Fsp3) is 0.333. The van der Waals surface area contributed by atoms with Gasteiger partial charge in [0.25, 0.3) is 0 Å². The number of hydrogen-bond donors (Lipinski definition) is 1. The first-order valence-corrected chi connectivity index (χ1v) is 8.55. The monoisotopic (exact) mass is 298 g/mol. The van der Waals surface area contributed by atoms with Crippen molar-refractivity contribution in [2.45, 2.75) is 42.4 Å². The van der Waals surface area contributed by atoms with Crippen LogP contribution >= 0.6 is 11.8 Å². The Morgan fingerprint density at radius 2 is 1.76 bits per heavy atom. The van der Waals surface area contributed by atoms with E-state index in [1.54, 1.807) is 0 Å². The van der Waals surface area contributed by atoms with Gasteiger partial charge >= 0.3 is 0 Å². The number of hydrogen-bond acceptors (Lipinski definition) is 3. The summed E-state index contributed by atoms with van der Waals surface area (Å²) in [7, 11) is 0. The first-order chi connectivity index (χ1) is 10.3. The highest BCUT2D eigenvalue weighted by atomic mass is 32.2. The molecule has 0 aromatic heterocycles. The average Bonchev–Trinajstić information content (AvgIpc) is 2.51. The van der Waals surface area contributed by atoms with E-state index in [9.17, 15) is 0 Å². The van der Waals surface area contributed by atoms with Crippen LogP contribution in [-0.4, -0.2) is 6.54 Å². The van der Waals surface area contributed by atoms with Crippen LogP contribution in [0.5, 0.6) is 0 Å². The van der Waals surface area contributed by atoms with Crippen molar-refractivity contribution in [2.24, 2.45) is 0 Å². The first-order valence-electron chi connectivity index (χ1n) is 7.73. The molecule has 0 saturated heterocycles. The minimum absolute atomic E-state index is 0.840. The third kappa shape index (κ3) is 3.03. The number of nitrogen functional groups attached to an aromatic ring is 1. The third-order valence-electron chi connectivity index (χ3n) is 3.89. The van der Waals surface area contributed by atoms with Gasteiger partial charge in [-0.2, -0.15) is 0 Å². The summed E-state index contributed by atoms with van der Waals surface area (Å²) >= 11 is 1.84. The number of rotatable bonds is 5. The highest BCUT2D eigenvalue weighted by molar-refractivity contribution is 7.99. The molecule has 0 unspecified atom stereocenters. The van der Waals surface area contributed by atoms with Crippen LogP contribution < -0.4 is 10.6 Å². The predicted molar refractivity (Wildman–Crippen MR) is 92.6 cm³/mol. The summed E-state index contributed by atoms with van der Waals surface area (Å²) in [6.45, 7) is 3.32. The molecule has 0 fully saturated rings. The predicted octanol–water partition coefficient (Wildman–Crippen LogP) is 5.45. The standard InChI is InChI=1S/C18H22N2S/c1-2-3-4-7-12-20-15-8-5-6-9-17(15)21-18-11-10-14(19)13-16(18)20/h5-6,8-11,13H,2-4,7,12,19H2,1H3. The molecule has 0 spiro atoms. The van der Waals surface area contributed by atoms with Crippen molar-refractivity contribution in [1.29, 1.82) is 0 Å². The lowest BCUT2D eigenvalue weighted by Crippen LogP contribution is -2.22. The molecular weight excluding hydrogens is 276 g/mol. The van der Waals surface area contributed by atoms with Crippen molar-refractivity contribution in [3.05, 3.63) is 42.5 Å². The van der Waals surface area contributed by atoms with Crippen molar-refractivity contribution in [2.75, 3.05) is 17.2 Å². The van der Waals surface area contributed by atoms with Crippen LogP contribution in [0.1, 0.15) is 32.6 Å². The Balaban J connectivity index is 1.91. The molecule has 2 nitrogen and oxygen atoms in total. The SMILES string of the molecule is CCCCCCN1c2ccccc2Sc2ccc(N)cc21. The van der Waals surface area contributed by atoms with Gasteiger partial charge in [0.05, 0.1) is 11.4 Å². The highest BCUT2D eigenvalue weighted by Gasteiger charge is 2.22.